The van der Waals surface area contributed by atoms with Crippen molar-refractivity contribution in [1.29, 1.82) is 0 Å². The first-order valence-corrected chi connectivity index (χ1v) is 2.38. The number of methoxy groups -OCH3 is 3. The Kier molecular flexibility index (Phi) is 3.72. The average molecular weight is 135 g/mol. The van der Waals surface area contributed by atoms with Crippen LogP contribution in [0.15, 0.2) is 0 Å². The van der Waals surface area contributed by atoms with E-state index < -0.39 is 5.97 Å². The smallest absolute Gasteiger partial charge is 0.310 e. The second-order valence-corrected chi connectivity index (χ2v) is 1.39. The topological polar surface area (TPSA) is 47.9 Å². The zero-order chi connectivity index (χ0) is 7.33. The minimum atomic E-state index is -1.71. The fourth-order valence-corrected chi connectivity index (χ4v) is 0.328. The molecule has 0 rings (SSSR count). The van der Waals surface area contributed by atoms with E-state index in [0.717, 1.165) is 6.61 Å². The van der Waals surface area contributed by atoms with Gasteiger partial charge in [0.05, 0.1) is 0 Å². The van der Waals surface area contributed by atoms with Crippen molar-refractivity contribution in [2.45, 2.75) is 5.97 Å². The molecule has 0 aromatic heterocycles. The summed E-state index contributed by atoms with van der Waals surface area (Å²) in [6.07, 6.45) is 0. The molecule has 1 N–H and O–H groups in total. The third kappa shape index (κ3) is 2.76. The van der Waals surface area contributed by atoms with E-state index in [1.807, 2.05) is 0 Å². The molecule has 0 fully saturated rings. The lowest BCUT2D eigenvalue weighted by Gasteiger charge is -2.21. The predicted molar refractivity (Wildman–Crippen MR) is 30.3 cm³/mol. The minimum absolute atomic E-state index is 1.03. The van der Waals surface area contributed by atoms with Crippen molar-refractivity contribution in [1.82, 2.24) is 0 Å². The van der Waals surface area contributed by atoms with Gasteiger partial charge in [-0.2, -0.15) is 0 Å². The Morgan fingerprint density at radius 3 is 1.78 bits per heavy atom. The molecule has 0 amide bonds. The van der Waals surface area contributed by atoms with Crippen LogP contribution < -0.4 is 0 Å². The van der Waals surface area contributed by atoms with Crippen LogP contribution in [0.25, 0.3) is 0 Å². The summed E-state index contributed by atoms with van der Waals surface area (Å²) >= 11 is 0. The van der Waals surface area contributed by atoms with E-state index in [-0.39, 0.29) is 0 Å². The number of aliphatic hydroxyl groups is 1. The maximum atomic E-state index is 9.00. The fraction of sp³-hybridized carbons (Fsp3) is 0.800. The van der Waals surface area contributed by atoms with Crippen LogP contribution in [0.4, 0.5) is 0 Å². The molecular formula is C5H11O4. The van der Waals surface area contributed by atoms with Gasteiger partial charge in [0.15, 0.2) is 6.61 Å². The molecule has 0 heterocycles. The van der Waals surface area contributed by atoms with Crippen molar-refractivity contribution in [3.63, 3.8) is 0 Å². The van der Waals surface area contributed by atoms with Gasteiger partial charge < -0.3 is 19.3 Å². The lowest BCUT2D eigenvalue weighted by Crippen LogP contribution is -2.34. The summed E-state index contributed by atoms with van der Waals surface area (Å²) in [5.41, 5.74) is 0. The molecule has 1 radical (unpaired) electrons. The third-order valence-corrected chi connectivity index (χ3v) is 0.852. The van der Waals surface area contributed by atoms with Crippen LogP contribution in [0.3, 0.4) is 0 Å². The number of ether oxygens (including phenoxy) is 3. The monoisotopic (exact) mass is 135 g/mol. The molecule has 0 aromatic rings. The molecule has 55 valence electrons. The molecular weight excluding hydrogens is 124 g/mol. The highest BCUT2D eigenvalue weighted by molar-refractivity contribution is 4.62. The van der Waals surface area contributed by atoms with Gasteiger partial charge >= 0.3 is 5.97 Å². The molecule has 0 aliphatic heterocycles. The lowest BCUT2D eigenvalue weighted by atomic mass is 10.6. The van der Waals surface area contributed by atoms with Gasteiger partial charge in [-0.25, -0.2) is 0 Å². The fourth-order valence-electron chi connectivity index (χ4n) is 0.328. The molecule has 9 heavy (non-hydrogen) atoms. The molecule has 0 bridgehead atoms. The van der Waals surface area contributed by atoms with Gasteiger partial charge in [0.2, 0.25) is 0 Å². The zero-order valence-corrected chi connectivity index (χ0v) is 5.75. The molecule has 0 saturated carbocycles. The van der Waals surface area contributed by atoms with Crippen molar-refractivity contribution in [2.75, 3.05) is 21.3 Å². The van der Waals surface area contributed by atoms with Gasteiger partial charge in [-0.15, -0.1) is 0 Å². The summed E-state index contributed by atoms with van der Waals surface area (Å²) in [5, 5.41) is 9.00. The highest BCUT2D eigenvalue weighted by atomic mass is 16.8. The molecule has 4 nitrogen and oxygen atoms in total. The Balaban J connectivity index is 3.62. The number of hydrogen-bond donors (Lipinski definition) is 1. The van der Waals surface area contributed by atoms with Crippen molar-refractivity contribution < 1.29 is 19.3 Å². The molecule has 0 aliphatic carbocycles. The van der Waals surface area contributed by atoms with Crippen molar-refractivity contribution in [3.8, 4) is 0 Å². The molecule has 0 spiro atoms. The third-order valence-electron chi connectivity index (χ3n) is 0.852. The van der Waals surface area contributed by atoms with E-state index in [1.165, 1.54) is 21.3 Å². The summed E-state index contributed by atoms with van der Waals surface area (Å²) in [6, 6.07) is 0. The first-order chi connectivity index (χ1) is 4.18. The summed E-state index contributed by atoms with van der Waals surface area (Å²) in [5.74, 6) is -1.71. The summed E-state index contributed by atoms with van der Waals surface area (Å²) in [4.78, 5) is 0. The van der Waals surface area contributed by atoms with Crippen molar-refractivity contribution >= 4 is 0 Å². The molecule has 0 atom stereocenters. The number of hydrogen-bond acceptors (Lipinski definition) is 4. The van der Waals surface area contributed by atoms with E-state index in [1.54, 1.807) is 0 Å². The van der Waals surface area contributed by atoms with Crippen LogP contribution in [0.5, 0.6) is 0 Å². The quantitative estimate of drug-likeness (QED) is 0.539. The van der Waals surface area contributed by atoms with E-state index >= 15 is 0 Å². The normalized spacial score (nSPS) is 12.0. The molecule has 0 aliphatic rings. The summed E-state index contributed by atoms with van der Waals surface area (Å²) in [7, 11) is 4.00. The SMILES string of the molecule is CO[CH]C(O)(OC)OC. The maximum absolute atomic E-state index is 9.00. The first-order valence-electron chi connectivity index (χ1n) is 2.38. The van der Waals surface area contributed by atoms with Crippen LogP contribution in [0.2, 0.25) is 0 Å². The summed E-state index contributed by atoms with van der Waals surface area (Å²) in [6.45, 7) is 1.03. The van der Waals surface area contributed by atoms with Gasteiger partial charge in [0.25, 0.3) is 0 Å². The Labute approximate surface area is 54.3 Å². The maximum Gasteiger partial charge on any atom is 0.310 e. The second kappa shape index (κ2) is 3.79. The Morgan fingerprint density at radius 1 is 1.22 bits per heavy atom. The van der Waals surface area contributed by atoms with Gasteiger partial charge in [-0.3, -0.25) is 0 Å². The largest absolute Gasteiger partial charge is 0.370 e. The molecule has 0 unspecified atom stereocenters. The molecule has 0 aromatic carbocycles. The lowest BCUT2D eigenvalue weighted by molar-refractivity contribution is -0.333. The minimum Gasteiger partial charge on any atom is -0.370 e. The number of rotatable bonds is 4. The standard InChI is InChI=1S/C5H11O4/c1-7-4-5(6,8-2)9-3/h4,6H,1-3H3. The molecule has 4 heteroatoms. The van der Waals surface area contributed by atoms with Gasteiger partial charge in [-0.05, 0) is 0 Å². The van der Waals surface area contributed by atoms with Gasteiger partial charge in [0.1, 0.15) is 0 Å². The van der Waals surface area contributed by atoms with E-state index in [9.17, 15) is 0 Å². The highest BCUT2D eigenvalue weighted by Crippen LogP contribution is 2.09. The Hall–Kier alpha value is -0.160. The van der Waals surface area contributed by atoms with E-state index in [4.69, 9.17) is 5.11 Å². The van der Waals surface area contributed by atoms with Crippen molar-refractivity contribution in [2.24, 2.45) is 0 Å². The highest BCUT2D eigenvalue weighted by Gasteiger charge is 2.26. The Morgan fingerprint density at radius 2 is 1.67 bits per heavy atom. The van der Waals surface area contributed by atoms with E-state index in [2.05, 4.69) is 14.2 Å². The van der Waals surface area contributed by atoms with Gasteiger partial charge in [-0.1, -0.05) is 0 Å². The summed E-state index contributed by atoms with van der Waals surface area (Å²) < 4.78 is 13.4. The van der Waals surface area contributed by atoms with Crippen LogP contribution in [-0.2, 0) is 14.2 Å². The van der Waals surface area contributed by atoms with Crippen molar-refractivity contribution in [3.05, 3.63) is 6.61 Å². The average Bonchev–Trinajstić information content (AvgIpc) is 1.89. The van der Waals surface area contributed by atoms with Crippen LogP contribution in [0, 0.1) is 6.61 Å². The molecule has 0 saturated heterocycles. The van der Waals surface area contributed by atoms with Crippen LogP contribution in [-0.4, -0.2) is 32.4 Å². The zero-order valence-electron chi connectivity index (χ0n) is 5.75. The Bertz CT molecular complexity index is 69.4. The van der Waals surface area contributed by atoms with E-state index in [0.29, 0.717) is 0 Å². The van der Waals surface area contributed by atoms with Crippen LogP contribution >= 0.6 is 0 Å². The second-order valence-electron chi connectivity index (χ2n) is 1.39. The van der Waals surface area contributed by atoms with Crippen LogP contribution in [0.1, 0.15) is 0 Å². The predicted octanol–water partition coefficient (Wildman–Crippen LogP) is -0.267. The van der Waals surface area contributed by atoms with Gasteiger partial charge in [0, 0.05) is 21.3 Å². The first kappa shape index (κ1) is 8.84.